The van der Waals surface area contributed by atoms with Gasteiger partial charge >= 0.3 is 0 Å². The lowest BCUT2D eigenvalue weighted by Gasteiger charge is -2.23. The minimum Gasteiger partial charge on any atom is -0.487 e. The van der Waals surface area contributed by atoms with Gasteiger partial charge in [-0.1, -0.05) is 5.92 Å². The van der Waals surface area contributed by atoms with E-state index in [2.05, 4.69) is 32.5 Å². The number of nitrogens with zero attached hydrogens (tertiary/aromatic N) is 5. The van der Waals surface area contributed by atoms with Crippen LogP contribution in [0.3, 0.4) is 0 Å². The fraction of sp³-hybridized carbons (Fsp3) is 0.500. The molecule has 1 aliphatic rings. The summed E-state index contributed by atoms with van der Waals surface area (Å²) in [5, 5.41) is 20.8. The van der Waals surface area contributed by atoms with Crippen LogP contribution in [0, 0.1) is 11.8 Å². The highest BCUT2D eigenvalue weighted by Crippen LogP contribution is 2.33. The molecule has 0 unspecified atom stereocenters. The van der Waals surface area contributed by atoms with Crippen LogP contribution in [-0.4, -0.2) is 68.0 Å². The van der Waals surface area contributed by atoms with Crippen LogP contribution >= 0.6 is 0 Å². The summed E-state index contributed by atoms with van der Waals surface area (Å²) in [6.07, 6.45) is 1.54. The minimum absolute atomic E-state index is 0.0636. The van der Waals surface area contributed by atoms with Gasteiger partial charge < -0.3 is 30.2 Å². The maximum atomic E-state index is 10.0. The van der Waals surface area contributed by atoms with E-state index in [-0.39, 0.29) is 11.9 Å². The Morgan fingerprint density at radius 1 is 1.42 bits per heavy atom. The lowest BCUT2D eigenvalue weighted by molar-refractivity contribution is 0.000381. The molecule has 0 radical (unpaired) electrons. The minimum atomic E-state index is -1.18. The van der Waals surface area contributed by atoms with E-state index in [0.717, 1.165) is 6.54 Å². The SMILES string of the molecule is CCn1c(-c2nonc2N)nc2c(C#CC(C)(C)O)ncc(OC[C@@H]3CNCCO3)c21. The molecule has 0 bridgehead atoms. The molecule has 4 rings (SSSR count). The second-order valence-electron chi connectivity index (χ2n) is 7.66. The van der Waals surface area contributed by atoms with Crippen LogP contribution in [0.4, 0.5) is 5.82 Å². The van der Waals surface area contributed by atoms with Gasteiger partial charge in [-0.15, -0.1) is 0 Å². The Hall–Kier alpha value is -3.20. The number of morpholine rings is 1. The van der Waals surface area contributed by atoms with Gasteiger partial charge in [-0.2, -0.15) is 0 Å². The fourth-order valence-corrected chi connectivity index (χ4v) is 3.27. The zero-order chi connectivity index (χ0) is 22.0. The number of pyridine rings is 1. The molecule has 0 aliphatic carbocycles. The largest absolute Gasteiger partial charge is 0.487 e. The highest BCUT2D eigenvalue weighted by Gasteiger charge is 2.24. The molecule has 1 fully saturated rings. The number of aliphatic hydroxyl groups is 1. The van der Waals surface area contributed by atoms with Gasteiger partial charge in [0.2, 0.25) is 0 Å². The van der Waals surface area contributed by atoms with Gasteiger partial charge in [0, 0.05) is 19.6 Å². The Kier molecular flexibility index (Phi) is 5.77. The van der Waals surface area contributed by atoms with Crippen molar-refractivity contribution in [3.05, 3.63) is 11.9 Å². The predicted molar refractivity (Wildman–Crippen MR) is 112 cm³/mol. The van der Waals surface area contributed by atoms with Crippen molar-refractivity contribution in [1.29, 1.82) is 0 Å². The van der Waals surface area contributed by atoms with E-state index in [1.54, 1.807) is 20.0 Å². The molecule has 3 aromatic heterocycles. The first-order chi connectivity index (χ1) is 14.9. The van der Waals surface area contributed by atoms with Crippen LogP contribution in [0.2, 0.25) is 0 Å². The molecule has 1 saturated heterocycles. The molecule has 11 nitrogen and oxygen atoms in total. The predicted octanol–water partition coefficient (Wildman–Crippen LogP) is 0.573. The molecule has 164 valence electrons. The summed E-state index contributed by atoms with van der Waals surface area (Å²) in [5.74, 6) is 6.83. The van der Waals surface area contributed by atoms with Gasteiger partial charge in [-0.3, -0.25) is 0 Å². The standard InChI is InChI=1S/C20H25N7O4/c1-4-27-17-14(30-11-12-9-22-7-8-29-12)10-23-13(5-6-20(2,3)28)15(17)24-19(27)16-18(21)26-31-25-16/h10,12,22,28H,4,7-9,11H2,1-3H3,(H2,21,26)/t12-/m0/s1. The van der Waals surface area contributed by atoms with Crippen LogP contribution < -0.4 is 15.8 Å². The number of hydrogen-bond donors (Lipinski definition) is 3. The zero-order valence-electron chi connectivity index (χ0n) is 17.7. The van der Waals surface area contributed by atoms with E-state index >= 15 is 0 Å². The first-order valence-corrected chi connectivity index (χ1v) is 10.1. The van der Waals surface area contributed by atoms with Crippen molar-refractivity contribution in [1.82, 2.24) is 30.2 Å². The molecule has 4 heterocycles. The number of aromatic nitrogens is 5. The number of rotatable bonds is 5. The average Bonchev–Trinajstić information content (AvgIpc) is 3.34. The van der Waals surface area contributed by atoms with E-state index in [0.29, 0.717) is 60.3 Å². The number of hydrogen-bond acceptors (Lipinski definition) is 10. The summed E-state index contributed by atoms with van der Waals surface area (Å²) in [7, 11) is 0. The van der Waals surface area contributed by atoms with Gasteiger partial charge in [-0.05, 0) is 37.0 Å². The molecule has 3 aromatic rings. The Balaban J connectivity index is 1.83. The topological polar surface area (TPSA) is 146 Å². The van der Waals surface area contributed by atoms with Gasteiger partial charge in [0.25, 0.3) is 0 Å². The van der Waals surface area contributed by atoms with Crippen molar-refractivity contribution in [2.45, 2.75) is 39.0 Å². The summed E-state index contributed by atoms with van der Waals surface area (Å²) in [6, 6.07) is 0. The third-order valence-electron chi connectivity index (χ3n) is 4.69. The summed E-state index contributed by atoms with van der Waals surface area (Å²) in [6.45, 7) is 8.27. The van der Waals surface area contributed by atoms with E-state index in [1.807, 2.05) is 11.5 Å². The second kappa shape index (κ2) is 8.50. The molecule has 4 N–H and O–H groups in total. The van der Waals surface area contributed by atoms with Crippen LogP contribution in [0.15, 0.2) is 10.8 Å². The molecule has 0 amide bonds. The normalized spacial score (nSPS) is 16.8. The summed E-state index contributed by atoms with van der Waals surface area (Å²) >= 11 is 0. The van der Waals surface area contributed by atoms with Gasteiger partial charge in [0.05, 0.1) is 12.8 Å². The molecular weight excluding hydrogens is 402 g/mol. The summed E-state index contributed by atoms with van der Waals surface area (Å²) in [5.41, 5.74) is 6.67. The number of aryl methyl sites for hydroxylation is 1. The molecular formula is C20H25N7O4. The Labute approximate surface area is 178 Å². The van der Waals surface area contributed by atoms with E-state index in [9.17, 15) is 5.11 Å². The van der Waals surface area contributed by atoms with Crippen LogP contribution in [0.25, 0.3) is 22.6 Å². The van der Waals surface area contributed by atoms with Crippen molar-refractivity contribution in [3.63, 3.8) is 0 Å². The van der Waals surface area contributed by atoms with Gasteiger partial charge in [0.1, 0.15) is 35.0 Å². The lowest BCUT2D eigenvalue weighted by atomic mass is 10.1. The van der Waals surface area contributed by atoms with Crippen molar-refractivity contribution in [2.24, 2.45) is 0 Å². The molecule has 11 heteroatoms. The number of fused-ring (bicyclic) bond motifs is 1. The van der Waals surface area contributed by atoms with Crippen LogP contribution in [0.5, 0.6) is 5.75 Å². The highest BCUT2D eigenvalue weighted by molar-refractivity contribution is 5.89. The molecule has 0 aromatic carbocycles. The maximum absolute atomic E-state index is 10.0. The molecule has 1 aliphatic heterocycles. The van der Waals surface area contributed by atoms with Crippen LogP contribution in [0.1, 0.15) is 26.5 Å². The smallest absolute Gasteiger partial charge is 0.199 e. The van der Waals surface area contributed by atoms with Gasteiger partial charge in [-0.25, -0.2) is 14.6 Å². The molecule has 31 heavy (non-hydrogen) atoms. The summed E-state index contributed by atoms with van der Waals surface area (Å²) < 4.78 is 18.5. The number of nitrogens with one attached hydrogen (secondary N) is 1. The number of anilines is 1. The van der Waals surface area contributed by atoms with Crippen LogP contribution in [-0.2, 0) is 11.3 Å². The third kappa shape index (κ3) is 4.46. The first-order valence-electron chi connectivity index (χ1n) is 10.1. The summed E-state index contributed by atoms with van der Waals surface area (Å²) in [4.78, 5) is 9.13. The third-order valence-corrected chi connectivity index (χ3v) is 4.69. The average molecular weight is 427 g/mol. The quantitative estimate of drug-likeness (QED) is 0.494. The number of nitrogen functional groups attached to an aromatic ring is 1. The van der Waals surface area contributed by atoms with Crippen molar-refractivity contribution < 1.29 is 19.2 Å². The number of ether oxygens (including phenoxy) is 2. The highest BCUT2D eigenvalue weighted by atomic mass is 16.6. The molecule has 0 saturated carbocycles. The second-order valence-corrected chi connectivity index (χ2v) is 7.66. The van der Waals surface area contributed by atoms with Gasteiger partial charge in [0.15, 0.2) is 23.1 Å². The fourth-order valence-electron chi connectivity index (χ4n) is 3.27. The van der Waals surface area contributed by atoms with Crippen molar-refractivity contribution in [3.8, 4) is 29.1 Å². The number of imidazole rings is 1. The Bertz CT molecular complexity index is 1130. The van der Waals surface area contributed by atoms with E-state index < -0.39 is 5.60 Å². The Morgan fingerprint density at radius 3 is 2.90 bits per heavy atom. The first kappa shape index (κ1) is 21.0. The zero-order valence-corrected chi connectivity index (χ0v) is 17.7. The molecule has 0 spiro atoms. The van der Waals surface area contributed by atoms with E-state index in [4.69, 9.17) is 24.8 Å². The van der Waals surface area contributed by atoms with Crippen molar-refractivity contribution >= 4 is 16.9 Å². The Morgan fingerprint density at radius 2 is 2.26 bits per heavy atom. The number of nitrogens with two attached hydrogens (primary N) is 1. The molecule has 1 atom stereocenters. The van der Waals surface area contributed by atoms with Crippen molar-refractivity contribution in [2.75, 3.05) is 32.0 Å². The monoisotopic (exact) mass is 427 g/mol. The lowest BCUT2D eigenvalue weighted by Crippen LogP contribution is -2.41. The maximum Gasteiger partial charge on any atom is 0.199 e. The van der Waals surface area contributed by atoms with E-state index in [1.165, 1.54) is 0 Å².